The summed E-state index contributed by atoms with van der Waals surface area (Å²) in [5.74, 6) is 0.741. The highest BCUT2D eigenvalue weighted by atomic mass is 79.9. The van der Waals surface area contributed by atoms with Crippen molar-refractivity contribution < 1.29 is 42.8 Å². The number of rotatable bonds is 23. The first-order valence-corrected chi connectivity index (χ1v) is 15.8. The topological polar surface area (TPSA) is 173 Å². The van der Waals surface area contributed by atoms with Gasteiger partial charge in [0, 0.05) is 18.5 Å². The van der Waals surface area contributed by atoms with Crippen molar-refractivity contribution in [1.29, 1.82) is 0 Å². The number of carbonyl (C=O) groups is 3. The summed E-state index contributed by atoms with van der Waals surface area (Å²) in [5, 5.41) is 18.6. The molecule has 15 nitrogen and oxygen atoms in total. The number of benzene rings is 1. The van der Waals surface area contributed by atoms with E-state index in [-0.39, 0.29) is 47.7 Å². The van der Waals surface area contributed by atoms with Crippen molar-refractivity contribution in [2.75, 3.05) is 85.8 Å². The molecule has 45 heavy (non-hydrogen) atoms. The van der Waals surface area contributed by atoms with Crippen LogP contribution in [0.2, 0.25) is 0 Å². The predicted octanol–water partition coefficient (Wildman–Crippen LogP) is 1.58. The van der Waals surface area contributed by atoms with Crippen LogP contribution in [0.1, 0.15) is 12.2 Å². The van der Waals surface area contributed by atoms with Gasteiger partial charge in [-0.1, -0.05) is 0 Å². The standard InChI is InChI=1S/C28H36Br2N6O9/c1-20-32-34-26(35-33-20)21-2-4-22(5-3-21)45-19-18-44-17-16-43-15-13-41-10-7-31-23(37)6-9-40-12-14-42-11-8-36-27(38)24(29)25(30)28(36)39/h2-5H,6-19H2,1H3,(H,31,37). The third-order valence-electron chi connectivity index (χ3n) is 5.86. The van der Waals surface area contributed by atoms with E-state index in [9.17, 15) is 14.4 Å². The average molecular weight is 760 g/mol. The number of nitrogens with one attached hydrogen (secondary N) is 1. The lowest BCUT2D eigenvalue weighted by Crippen LogP contribution is -2.34. The largest absolute Gasteiger partial charge is 0.491 e. The molecular weight excluding hydrogens is 724 g/mol. The second-order valence-electron chi connectivity index (χ2n) is 9.20. The molecule has 1 aromatic heterocycles. The highest BCUT2D eigenvalue weighted by molar-refractivity contribution is 9.14. The van der Waals surface area contributed by atoms with Crippen molar-refractivity contribution >= 4 is 49.6 Å². The van der Waals surface area contributed by atoms with E-state index < -0.39 is 11.8 Å². The van der Waals surface area contributed by atoms with E-state index in [0.717, 1.165) is 10.5 Å². The molecule has 17 heteroatoms. The van der Waals surface area contributed by atoms with Crippen LogP contribution in [-0.2, 0) is 38.1 Å². The van der Waals surface area contributed by atoms with Crippen LogP contribution in [0.4, 0.5) is 0 Å². The van der Waals surface area contributed by atoms with Crippen LogP contribution >= 0.6 is 31.9 Å². The maximum Gasteiger partial charge on any atom is 0.269 e. The van der Waals surface area contributed by atoms with E-state index in [0.29, 0.717) is 76.8 Å². The minimum absolute atomic E-state index is 0.143. The Morgan fingerprint density at radius 2 is 1.22 bits per heavy atom. The van der Waals surface area contributed by atoms with Gasteiger partial charge in [0.1, 0.15) is 21.3 Å². The van der Waals surface area contributed by atoms with E-state index in [4.69, 9.17) is 28.4 Å². The number of aryl methyl sites for hydroxylation is 1. The molecule has 3 amide bonds. The highest BCUT2D eigenvalue weighted by Crippen LogP contribution is 2.29. The summed E-state index contributed by atoms with van der Waals surface area (Å²) >= 11 is 6.14. The van der Waals surface area contributed by atoms with Crippen LogP contribution in [0.5, 0.6) is 5.75 Å². The smallest absolute Gasteiger partial charge is 0.269 e. The van der Waals surface area contributed by atoms with Gasteiger partial charge in [-0.05, 0) is 63.0 Å². The number of hydrogen-bond donors (Lipinski definition) is 1. The number of hydrogen-bond acceptors (Lipinski definition) is 13. The van der Waals surface area contributed by atoms with Crippen LogP contribution in [0.15, 0.2) is 33.2 Å². The Hall–Kier alpha value is -2.93. The molecule has 0 saturated carbocycles. The van der Waals surface area contributed by atoms with Gasteiger partial charge >= 0.3 is 0 Å². The van der Waals surface area contributed by atoms with Gasteiger partial charge in [0.25, 0.3) is 11.8 Å². The van der Waals surface area contributed by atoms with Crippen molar-refractivity contribution in [3.8, 4) is 17.1 Å². The maximum absolute atomic E-state index is 11.9. The van der Waals surface area contributed by atoms with E-state index in [1.807, 2.05) is 24.3 Å². The van der Waals surface area contributed by atoms with Crippen molar-refractivity contribution in [3.05, 3.63) is 39.1 Å². The molecule has 1 aliphatic rings. The fourth-order valence-corrected chi connectivity index (χ4v) is 4.34. The lowest BCUT2D eigenvalue weighted by Gasteiger charge is -2.14. The summed E-state index contributed by atoms with van der Waals surface area (Å²) in [6, 6.07) is 7.34. The molecule has 1 aliphatic heterocycles. The Balaban J connectivity index is 1.03. The number of nitrogens with zero attached hydrogens (tertiary/aromatic N) is 5. The van der Waals surface area contributed by atoms with Crippen molar-refractivity contribution in [2.24, 2.45) is 0 Å². The van der Waals surface area contributed by atoms with Gasteiger partial charge in [0.2, 0.25) is 11.7 Å². The Morgan fingerprint density at radius 1 is 0.711 bits per heavy atom. The number of carbonyl (C=O) groups excluding carboxylic acids is 3. The van der Waals surface area contributed by atoms with Crippen LogP contribution in [0.25, 0.3) is 11.4 Å². The first-order chi connectivity index (χ1) is 21.9. The first-order valence-electron chi connectivity index (χ1n) is 14.2. The average Bonchev–Trinajstić information content (AvgIpc) is 3.23. The summed E-state index contributed by atoms with van der Waals surface area (Å²) in [5.41, 5.74) is 0.804. The van der Waals surface area contributed by atoms with E-state index in [2.05, 4.69) is 57.6 Å². The van der Waals surface area contributed by atoms with Gasteiger partial charge in [0.05, 0.1) is 72.6 Å². The fourth-order valence-electron chi connectivity index (χ4n) is 3.57. The fraction of sp³-hybridized carbons (Fsp3) is 0.536. The summed E-state index contributed by atoms with van der Waals surface area (Å²) in [4.78, 5) is 36.7. The third-order valence-corrected chi connectivity index (χ3v) is 7.87. The molecule has 3 rings (SSSR count). The van der Waals surface area contributed by atoms with Crippen LogP contribution in [0.3, 0.4) is 0 Å². The Morgan fingerprint density at radius 3 is 1.82 bits per heavy atom. The maximum atomic E-state index is 11.9. The summed E-state index contributed by atoms with van der Waals surface area (Å²) < 4.78 is 33.3. The quantitative estimate of drug-likeness (QED) is 0.128. The Bertz CT molecular complexity index is 1230. The SMILES string of the molecule is Cc1nnc(-c2ccc(OCCOCCOCCOCCNC(=O)CCOCCOCCN3C(=O)C(Br)=C(Br)C3=O)cc2)nn1. The van der Waals surface area contributed by atoms with Crippen LogP contribution < -0.4 is 10.1 Å². The molecule has 1 aromatic carbocycles. The molecule has 0 fully saturated rings. The molecule has 0 bridgehead atoms. The Kier molecular flexibility index (Phi) is 17.0. The zero-order valence-electron chi connectivity index (χ0n) is 24.9. The molecular formula is C28H36Br2N6O9. The normalized spacial score (nSPS) is 13.2. The summed E-state index contributed by atoms with van der Waals surface area (Å²) in [6.07, 6.45) is 0.213. The van der Waals surface area contributed by atoms with Crippen molar-refractivity contribution in [1.82, 2.24) is 30.6 Å². The molecule has 0 atom stereocenters. The van der Waals surface area contributed by atoms with E-state index in [1.54, 1.807) is 6.92 Å². The monoisotopic (exact) mass is 758 g/mol. The molecule has 2 heterocycles. The summed E-state index contributed by atoms with van der Waals surface area (Å²) in [6.45, 7) is 6.17. The second-order valence-corrected chi connectivity index (χ2v) is 10.8. The minimum Gasteiger partial charge on any atom is -0.491 e. The first kappa shape index (κ1) is 36.5. The molecule has 1 N–H and O–H groups in total. The molecule has 0 spiro atoms. The van der Waals surface area contributed by atoms with Crippen molar-refractivity contribution in [3.63, 3.8) is 0 Å². The van der Waals surface area contributed by atoms with E-state index in [1.165, 1.54) is 0 Å². The van der Waals surface area contributed by atoms with Gasteiger partial charge in [-0.15, -0.1) is 20.4 Å². The minimum atomic E-state index is -0.400. The van der Waals surface area contributed by atoms with Gasteiger partial charge in [-0.3, -0.25) is 19.3 Å². The van der Waals surface area contributed by atoms with Gasteiger partial charge in [-0.2, -0.15) is 0 Å². The number of aromatic nitrogens is 4. The lowest BCUT2D eigenvalue weighted by molar-refractivity contribution is -0.137. The lowest BCUT2D eigenvalue weighted by atomic mass is 10.2. The molecule has 2 aromatic rings. The number of ether oxygens (including phenoxy) is 6. The molecule has 0 unspecified atom stereocenters. The highest BCUT2D eigenvalue weighted by Gasteiger charge is 2.35. The molecule has 0 radical (unpaired) electrons. The Labute approximate surface area is 277 Å². The van der Waals surface area contributed by atoms with Crippen LogP contribution in [-0.4, -0.2) is 129 Å². The second kappa shape index (κ2) is 21.0. The molecule has 0 aliphatic carbocycles. The summed E-state index contributed by atoms with van der Waals surface area (Å²) in [7, 11) is 0. The molecule has 0 saturated heterocycles. The van der Waals surface area contributed by atoms with Crippen molar-refractivity contribution in [2.45, 2.75) is 13.3 Å². The number of halogens is 2. The zero-order valence-corrected chi connectivity index (χ0v) is 28.0. The van der Waals surface area contributed by atoms with Gasteiger partial charge < -0.3 is 33.7 Å². The van der Waals surface area contributed by atoms with Gasteiger partial charge in [-0.25, -0.2) is 0 Å². The third kappa shape index (κ3) is 13.5. The van der Waals surface area contributed by atoms with Crippen LogP contribution in [0, 0.1) is 6.92 Å². The van der Waals surface area contributed by atoms with E-state index >= 15 is 0 Å². The predicted molar refractivity (Wildman–Crippen MR) is 167 cm³/mol. The van der Waals surface area contributed by atoms with Gasteiger partial charge in [0.15, 0.2) is 5.82 Å². The molecule has 246 valence electrons. The number of imide groups is 1. The number of amides is 3. The zero-order chi connectivity index (χ0) is 32.3.